The Morgan fingerprint density at radius 3 is 2.94 bits per heavy atom. The Hall–Kier alpha value is -1.62. The zero-order chi connectivity index (χ0) is 13.1. The van der Waals surface area contributed by atoms with Crippen LogP contribution >= 0.6 is 0 Å². The zero-order valence-electron chi connectivity index (χ0n) is 10.1. The highest BCUT2D eigenvalue weighted by molar-refractivity contribution is 5.71. The van der Waals surface area contributed by atoms with Gasteiger partial charge in [-0.3, -0.25) is 4.79 Å². The smallest absolute Gasteiger partial charge is 0.307 e. The maximum absolute atomic E-state index is 13.0. The van der Waals surface area contributed by atoms with Crippen molar-refractivity contribution in [2.24, 2.45) is 5.92 Å². The molecule has 5 heteroatoms. The number of carboxylic acids is 1. The van der Waals surface area contributed by atoms with Crippen molar-refractivity contribution >= 4 is 5.97 Å². The van der Waals surface area contributed by atoms with E-state index in [1.165, 1.54) is 7.11 Å². The van der Waals surface area contributed by atoms with E-state index in [1.807, 2.05) is 0 Å². The van der Waals surface area contributed by atoms with E-state index >= 15 is 0 Å². The lowest BCUT2D eigenvalue weighted by Gasteiger charge is -2.18. The van der Waals surface area contributed by atoms with Gasteiger partial charge in [0.2, 0.25) is 0 Å². The quantitative estimate of drug-likeness (QED) is 0.860. The molecule has 1 aliphatic rings. The summed E-state index contributed by atoms with van der Waals surface area (Å²) in [6, 6.07) is 5.05. The Labute approximate surface area is 105 Å². The van der Waals surface area contributed by atoms with Crippen LogP contribution in [-0.4, -0.2) is 24.7 Å². The molecule has 1 fully saturated rings. The van der Waals surface area contributed by atoms with Crippen molar-refractivity contribution in [3.8, 4) is 5.75 Å². The molecule has 2 rings (SSSR count). The van der Waals surface area contributed by atoms with Crippen LogP contribution in [0.5, 0.6) is 5.75 Å². The minimum Gasteiger partial charge on any atom is -0.496 e. The predicted molar refractivity (Wildman–Crippen MR) is 64.3 cm³/mol. The van der Waals surface area contributed by atoms with Crippen molar-refractivity contribution in [1.82, 2.24) is 5.32 Å². The van der Waals surface area contributed by atoms with E-state index in [2.05, 4.69) is 5.32 Å². The van der Waals surface area contributed by atoms with Crippen molar-refractivity contribution in [3.05, 3.63) is 29.3 Å². The second-order valence-electron chi connectivity index (χ2n) is 4.40. The standard InChI is InChI=1S/C13H16FNO3/c1-18-11-4-2-3-8(6-14)12(11)10-5-9(7-15-10)13(16)17/h2-4,9-10,15H,5-7H2,1H3,(H,16,17). The molecular weight excluding hydrogens is 237 g/mol. The lowest BCUT2D eigenvalue weighted by molar-refractivity contribution is -0.141. The zero-order valence-corrected chi connectivity index (χ0v) is 10.1. The van der Waals surface area contributed by atoms with Crippen LogP contribution < -0.4 is 10.1 Å². The lowest BCUT2D eigenvalue weighted by atomic mass is 9.95. The number of carboxylic acid groups (broad SMARTS) is 1. The second-order valence-corrected chi connectivity index (χ2v) is 4.40. The van der Waals surface area contributed by atoms with Gasteiger partial charge in [0.15, 0.2) is 0 Å². The van der Waals surface area contributed by atoms with Crippen LogP contribution in [-0.2, 0) is 11.5 Å². The molecule has 1 aromatic rings. The van der Waals surface area contributed by atoms with Gasteiger partial charge in [-0.15, -0.1) is 0 Å². The summed E-state index contributed by atoms with van der Waals surface area (Å²) in [5, 5.41) is 12.1. The number of ether oxygens (including phenoxy) is 1. The molecular formula is C13H16FNO3. The molecule has 0 spiro atoms. The summed E-state index contributed by atoms with van der Waals surface area (Å²) in [4.78, 5) is 10.9. The highest BCUT2D eigenvalue weighted by Crippen LogP contribution is 2.36. The molecule has 2 unspecified atom stereocenters. The van der Waals surface area contributed by atoms with Crippen LogP contribution in [0, 0.1) is 5.92 Å². The first-order valence-corrected chi connectivity index (χ1v) is 5.85. The van der Waals surface area contributed by atoms with Crippen LogP contribution in [0.25, 0.3) is 0 Å². The molecule has 1 aliphatic heterocycles. The first-order valence-electron chi connectivity index (χ1n) is 5.85. The summed E-state index contributed by atoms with van der Waals surface area (Å²) in [5.41, 5.74) is 1.30. The molecule has 4 nitrogen and oxygen atoms in total. The summed E-state index contributed by atoms with van der Waals surface area (Å²) in [6.07, 6.45) is 0.461. The Balaban J connectivity index is 2.30. The molecule has 18 heavy (non-hydrogen) atoms. The van der Waals surface area contributed by atoms with Gasteiger partial charge in [0.05, 0.1) is 13.0 Å². The SMILES string of the molecule is COc1cccc(CF)c1C1CC(C(=O)O)CN1. The molecule has 1 aromatic carbocycles. The van der Waals surface area contributed by atoms with E-state index in [4.69, 9.17) is 9.84 Å². The van der Waals surface area contributed by atoms with Crippen LogP contribution in [0.15, 0.2) is 18.2 Å². The topological polar surface area (TPSA) is 58.6 Å². The Kier molecular flexibility index (Phi) is 3.81. The van der Waals surface area contributed by atoms with Crippen molar-refractivity contribution in [2.75, 3.05) is 13.7 Å². The van der Waals surface area contributed by atoms with Gasteiger partial charge in [-0.2, -0.15) is 0 Å². The minimum atomic E-state index is -0.818. The third kappa shape index (κ3) is 2.31. The predicted octanol–water partition coefficient (Wildman–Crippen LogP) is 1.90. The molecule has 0 aromatic heterocycles. The van der Waals surface area contributed by atoms with E-state index in [9.17, 15) is 9.18 Å². The minimum absolute atomic E-state index is 0.159. The Morgan fingerprint density at radius 1 is 1.61 bits per heavy atom. The fraction of sp³-hybridized carbons (Fsp3) is 0.462. The van der Waals surface area contributed by atoms with Gasteiger partial charge < -0.3 is 15.2 Å². The molecule has 0 bridgehead atoms. The number of halogens is 1. The highest BCUT2D eigenvalue weighted by Gasteiger charge is 2.32. The van der Waals surface area contributed by atoms with Gasteiger partial charge in [-0.25, -0.2) is 4.39 Å². The number of rotatable bonds is 4. The highest BCUT2D eigenvalue weighted by atomic mass is 19.1. The average molecular weight is 253 g/mol. The molecule has 0 saturated carbocycles. The molecule has 0 radical (unpaired) electrons. The molecule has 0 aliphatic carbocycles. The number of alkyl halides is 1. The van der Waals surface area contributed by atoms with Gasteiger partial charge >= 0.3 is 5.97 Å². The summed E-state index contributed by atoms with van der Waals surface area (Å²) >= 11 is 0. The number of nitrogens with one attached hydrogen (secondary N) is 1. The number of aliphatic carboxylic acids is 1. The molecule has 2 N–H and O–H groups in total. The van der Waals surface area contributed by atoms with Gasteiger partial charge in [0, 0.05) is 18.2 Å². The maximum Gasteiger partial charge on any atom is 0.307 e. The van der Waals surface area contributed by atoms with Gasteiger partial charge in [-0.1, -0.05) is 12.1 Å². The number of hydrogen-bond donors (Lipinski definition) is 2. The first kappa shape index (κ1) is 12.8. The number of methoxy groups -OCH3 is 1. The van der Waals surface area contributed by atoms with Crippen molar-refractivity contribution < 1.29 is 19.0 Å². The number of hydrogen-bond acceptors (Lipinski definition) is 3. The fourth-order valence-corrected chi connectivity index (χ4v) is 2.42. The fourth-order valence-electron chi connectivity index (χ4n) is 2.42. The Morgan fingerprint density at radius 2 is 2.39 bits per heavy atom. The van der Waals surface area contributed by atoms with E-state index in [1.54, 1.807) is 18.2 Å². The van der Waals surface area contributed by atoms with Crippen LogP contribution in [0.1, 0.15) is 23.6 Å². The third-order valence-corrected chi connectivity index (χ3v) is 3.35. The van der Waals surface area contributed by atoms with Crippen molar-refractivity contribution in [1.29, 1.82) is 0 Å². The van der Waals surface area contributed by atoms with Crippen LogP contribution in [0.3, 0.4) is 0 Å². The summed E-state index contributed by atoms with van der Waals surface area (Å²) < 4.78 is 18.3. The second kappa shape index (κ2) is 5.35. The molecule has 98 valence electrons. The average Bonchev–Trinajstić information content (AvgIpc) is 2.87. The van der Waals surface area contributed by atoms with Crippen molar-refractivity contribution in [3.63, 3.8) is 0 Å². The largest absolute Gasteiger partial charge is 0.496 e. The van der Waals surface area contributed by atoms with Gasteiger partial charge in [0.25, 0.3) is 0 Å². The third-order valence-electron chi connectivity index (χ3n) is 3.35. The summed E-state index contributed by atoms with van der Waals surface area (Å²) in [7, 11) is 1.53. The monoisotopic (exact) mass is 253 g/mol. The van der Waals surface area contributed by atoms with Crippen LogP contribution in [0.4, 0.5) is 4.39 Å². The first-order chi connectivity index (χ1) is 8.67. The van der Waals surface area contributed by atoms with Crippen LogP contribution in [0.2, 0.25) is 0 Å². The summed E-state index contributed by atoms with van der Waals surface area (Å²) in [5.74, 6) is -0.636. The molecule has 0 amide bonds. The van der Waals surface area contributed by atoms with Gasteiger partial charge in [0.1, 0.15) is 12.4 Å². The van der Waals surface area contributed by atoms with E-state index in [-0.39, 0.29) is 6.04 Å². The molecule has 1 heterocycles. The Bertz CT molecular complexity index is 428. The molecule has 2 atom stereocenters. The number of benzene rings is 1. The maximum atomic E-state index is 13.0. The van der Waals surface area contributed by atoms with E-state index in [0.717, 1.165) is 5.56 Å². The van der Waals surface area contributed by atoms with Crippen molar-refractivity contribution in [2.45, 2.75) is 19.1 Å². The van der Waals surface area contributed by atoms with E-state index < -0.39 is 18.6 Å². The van der Waals surface area contributed by atoms with E-state index in [0.29, 0.717) is 24.3 Å². The number of carbonyl (C=O) groups is 1. The summed E-state index contributed by atoms with van der Waals surface area (Å²) in [6.45, 7) is -0.174. The molecule has 1 saturated heterocycles. The lowest BCUT2D eigenvalue weighted by Crippen LogP contribution is -2.18. The normalized spacial score (nSPS) is 23.0. The van der Waals surface area contributed by atoms with Gasteiger partial charge in [-0.05, 0) is 18.1 Å².